The molecular formula is C11H19NO. The van der Waals surface area contributed by atoms with Crippen molar-refractivity contribution in [3.63, 3.8) is 0 Å². The summed E-state index contributed by atoms with van der Waals surface area (Å²) >= 11 is 0. The highest BCUT2D eigenvalue weighted by molar-refractivity contribution is 5.78. The predicted octanol–water partition coefficient (Wildman–Crippen LogP) is 1.91. The van der Waals surface area contributed by atoms with E-state index < -0.39 is 0 Å². The van der Waals surface area contributed by atoms with Crippen LogP contribution in [0.3, 0.4) is 0 Å². The standard InChI is InChI=1S/C11H19NO/c1-2-3-4-5-11(13)8-10-6-7-12-9-10/h2,10,12H,1,3-9H2. The molecule has 1 rings (SSSR count). The van der Waals surface area contributed by atoms with Gasteiger partial charge in [-0.2, -0.15) is 0 Å². The van der Waals surface area contributed by atoms with Crippen molar-refractivity contribution in [3.05, 3.63) is 12.7 Å². The number of allylic oxidation sites excluding steroid dienone is 1. The van der Waals surface area contributed by atoms with E-state index in [1.807, 2.05) is 6.08 Å². The first-order valence-electron chi connectivity index (χ1n) is 5.16. The van der Waals surface area contributed by atoms with E-state index in [9.17, 15) is 4.79 Å². The fraction of sp³-hybridized carbons (Fsp3) is 0.727. The second kappa shape index (κ2) is 5.92. The minimum atomic E-state index is 0.426. The van der Waals surface area contributed by atoms with Crippen LogP contribution in [0.25, 0.3) is 0 Å². The van der Waals surface area contributed by atoms with E-state index in [1.54, 1.807) is 0 Å². The van der Waals surface area contributed by atoms with Crippen molar-refractivity contribution in [1.82, 2.24) is 5.32 Å². The van der Waals surface area contributed by atoms with E-state index in [4.69, 9.17) is 0 Å². The number of carbonyl (C=O) groups is 1. The third kappa shape index (κ3) is 4.23. The van der Waals surface area contributed by atoms with Crippen LogP contribution in [0.15, 0.2) is 12.7 Å². The van der Waals surface area contributed by atoms with Gasteiger partial charge in [-0.25, -0.2) is 0 Å². The molecule has 0 spiro atoms. The van der Waals surface area contributed by atoms with E-state index in [-0.39, 0.29) is 0 Å². The molecule has 1 aliphatic heterocycles. The first-order valence-corrected chi connectivity index (χ1v) is 5.16. The second-order valence-corrected chi connectivity index (χ2v) is 3.78. The summed E-state index contributed by atoms with van der Waals surface area (Å²) in [6, 6.07) is 0. The average Bonchev–Trinajstić information content (AvgIpc) is 2.57. The van der Waals surface area contributed by atoms with Crippen molar-refractivity contribution in [1.29, 1.82) is 0 Å². The summed E-state index contributed by atoms with van der Waals surface area (Å²) in [5.41, 5.74) is 0. The van der Waals surface area contributed by atoms with Gasteiger partial charge in [0.1, 0.15) is 5.78 Å². The van der Waals surface area contributed by atoms with Gasteiger partial charge in [-0.1, -0.05) is 6.08 Å². The zero-order valence-electron chi connectivity index (χ0n) is 8.22. The molecule has 0 saturated carbocycles. The highest BCUT2D eigenvalue weighted by Gasteiger charge is 2.17. The number of hydrogen-bond donors (Lipinski definition) is 1. The molecule has 0 aromatic heterocycles. The molecule has 0 radical (unpaired) electrons. The van der Waals surface area contributed by atoms with Gasteiger partial charge >= 0.3 is 0 Å². The Labute approximate surface area is 80.4 Å². The minimum Gasteiger partial charge on any atom is -0.316 e. The van der Waals surface area contributed by atoms with E-state index in [0.29, 0.717) is 11.7 Å². The Morgan fingerprint density at radius 1 is 1.62 bits per heavy atom. The maximum atomic E-state index is 11.4. The summed E-state index contributed by atoms with van der Waals surface area (Å²) in [7, 11) is 0. The molecule has 1 atom stereocenters. The molecule has 1 aliphatic rings. The number of ketones is 1. The zero-order chi connectivity index (χ0) is 9.52. The van der Waals surface area contributed by atoms with Gasteiger partial charge in [0.25, 0.3) is 0 Å². The smallest absolute Gasteiger partial charge is 0.133 e. The molecule has 0 aliphatic carbocycles. The third-order valence-electron chi connectivity index (χ3n) is 2.54. The number of rotatable bonds is 6. The van der Waals surface area contributed by atoms with Crippen molar-refractivity contribution in [2.75, 3.05) is 13.1 Å². The average molecular weight is 181 g/mol. The Hall–Kier alpha value is -0.630. The van der Waals surface area contributed by atoms with Gasteiger partial charge in [-0.15, -0.1) is 6.58 Å². The van der Waals surface area contributed by atoms with E-state index in [1.165, 1.54) is 6.42 Å². The Bertz CT molecular complexity index is 171. The maximum Gasteiger partial charge on any atom is 0.133 e. The lowest BCUT2D eigenvalue weighted by molar-refractivity contribution is -0.119. The fourth-order valence-electron chi connectivity index (χ4n) is 1.76. The van der Waals surface area contributed by atoms with Crippen LogP contribution in [0.2, 0.25) is 0 Å². The minimum absolute atomic E-state index is 0.426. The second-order valence-electron chi connectivity index (χ2n) is 3.78. The molecule has 2 heteroatoms. The van der Waals surface area contributed by atoms with Crippen molar-refractivity contribution < 1.29 is 4.79 Å². The summed E-state index contributed by atoms with van der Waals surface area (Å²) in [4.78, 5) is 11.4. The van der Waals surface area contributed by atoms with Crippen LogP contribution < -0.4 is 5.32 Å². The van der Waals surface area contributed by atoms with Crippen LogP contribution in [0, 0.1) is 5.92 Å². The molecule has 1 unspecified atom stereocenters. The Morgan fingerprint density at radius 3 is 3.08 bits per heavy atom. The van der Waals surface area contributed by atoms with Gasteiger partial charge in [0.2, 0.25) is 0 Å². The highest BCUT2D eigenvalue weighted by Crippen LogP contribution is 2.14. The van der Waals surface area contributed by atoms with Crippen LogP contribution in [-0.4, -0.2) is 18.9 Å². The van der Waals surface area contributed by atoms with Gasteiger partial charge in [0.05, 0.1) is 0 Å². The molecule has 1 heterocycles. The number of hydrogen-bond acceptors (Lipinski definition) is 2. The maximum absolute atomic E-state index is 11.4. The summed E-state index contributed by atoms with van der Waals surface area (Å²) in [6.45, 7) is 5.76. The molecule has 13 heavy (non-hydrogen) atoms. The number of Topliss-reactive ketones (excluding diaryl/α,β-unsaturated/α-hetero) is 1. The number of carbonyl (C=O) groups excluding carboxylic acids is 1. The third-order valence-corrected chi connectivity index (χ3v) is 2.54. The summed E-state index contributed by atoms with van der Waals surface area (Å²) < 4.78 is 0. The lowest BCUT2D eigenvalue weighted by Gasteiger charge is -2.05. The van der Waals surface area contributed by atoms with Crippen LogP contribution >= 0.6 is 0 Å². The molecule has 0 aromatic carbocycles. The van der Waals surface area contributed by atoms with Crippen LogP contribution in [0.5, 0.6) is 0 Å². The molecule has 1 N–H and O–H groups in total. The van der Waals surface area contributed by atoms with Crippen molar-refractivity contribution >= 4 is 5.78 Å². The monoisotopic (exact) mass is 181 g/mol. The van der Waals surface area contributed by atoms with E-state index in [0.717, 1.165) is 38.8 Å². The summed E-state index contributed by atoms with van der Waals surface area (Å²) in [6.07, 6.45) is 6.52. The zero-order valence-corrected chi connectivity index (χ0v) is 8.22. The highest BCUT2D eigenvalue weighted by atomic mass is 16.1. The summed E-state index contributed by atoms with van der Waals surface area (Å²) in [5, 5.41) is 3.28. The Morgan fingerprint density at radius 2 is 2.46 bits per heavy atom. The van der Waals surface area contributed by atoms with Gasteiger partial charge in [0, 0.05) is 12.8 Å². The van der Waals surface area contributed by atoms with Crippen LogP contribution in [0.1, 0.15) is 32.1 Å². The number of unbranched alkanes of at least 4 members (excludes halogenated alkanes) is 1. The van der Waals surface area contributed by atoms with Gasteiger partial charge in [0.15, 0.2) is 0 Å². The van der Waals surface area contributed by atoms with E-state index in [2.05, 4.69) is 11.9 Å². The topological polar surface area (TPSA) is 29.1 Å². The Kier molecular flexibility index (Phi) is 4.76. The largest absolute Gasteiger partial charge is 0.316 e. The molecular weight excluding hydrogens is 162 g/mol. The van der Waals surface area contributed by atoms with Gasteiger partial charge in [-0.3, -0.25) is 4.79 Å². The SMILES string of the molecule is C=CCCCC(=O)CC1CCNC1. The molecule has 0 bridgehead atoms. The normalized spacial score (nSPS) is 21.7. The fourth-order valence-corrected chi connectivity index (χ4v) is 1.76. The predicted molar refractivity (Wildman–Crippen MR) is 54.6 cm³/mol. The molecule has 2 nitrogen and oxygen atoms in total. The van der Waals surface area contributed by atoms with Crippen LogP contribution in [0.4, 0.5) is 0 Å². The molecule has 74 valence electrons. The number of nitrogens with one attached hydrogen (secondary N) is 1. The van der Waals surface area contributed by atoms with Gasteiger partial charge < -0.3 is 5.32 Å². The quantitative estimate of drug-likeness (QED) is 0.501. The van der Waals surface area contributed by atoms with Crippen molar-refractivity contribution in [2.45, 2.75) is 32.1 Å². The van der Waals surface area contributed by atoms with Crippen molar-refractivity contribution in [2.24, 2.45) is 5.92 Å². The van der Waals surface area contributed by atoms with Crippen molar-refractivity contribution in [3.8, 4) is 0 Å². The molecule has 1 saturated heterocycles. The van der Waals surface area contributed by atoms with Crippen LogP contribution in [-0.2, 0) is 4.79 Å². The molecule has 0 amide bonds. The lowest BCUT2D eigenvalue weighted by Crippen LogP contribution is -2.12. The molecule has 0 aromatic rings. The van der Waals surface area contributed by atoms with E-state index >= 15 is 0 Å². The lowest BCUT2D eigenvalue weighted by atomic mass is 9.99. The summed E-state index contributed by atoms with van der Waals surface area (Å²) in [5.74, 6) is 1.03. The first kappa shape index (κ1) is 10.5. The van der Waals surface area contributed by atoms with Gasteiger partial charge in [-0.05, 0) is 38.3 Å². The first-order chi connectivity index (χ1) is 6.33. The Balaban J connectivity index is 2.05. The molecule has 1 fully saturated rings.